The average Bonchev–Trinajstić information content (AvgIpc) is 2.72. The molecular weight excluding hydrogens is 242 g/mol. The lowest BCUT2D eigenvalue weighted by atomic mass is 10.2. The molecule has 1 N–H and O–H groups in total. The van der Waals surface area contributed by atoms with Gasteiger partial charge in [0, 0.05) is 10.4 Å². The van der Waals surface area contributed by atoms with Crippen molar-refractivity contribution in [2.45, 2.75) is 20.0 Å². The molecule has 0 spiro atoms. The van der Waals surface area contributed by atoms with Crippen LogP contribution in [0.4, 0.5) is 0 Å². The molecule has 0 fully saturated rings. The fraction of sp³-hybridized carbons (Fsp3) is 0.250. The molecule has 84 valence electrons. The van der Waals surface area contributed by atoms with Crippen LogP contribution in [0.1, 0.15) is 17.5 Å². The number of aromatic nitrogens is 1. The topological polar surface area (TPSA) is 33.1 Å². The molecule has 0 aliphatic rings. The molecule has 0 amide bonds. The van der Waals surface area contributed by atoms with Crippen molar-refractivity contribution in [3.63, 3.8) is 0 Å². The van der Waals surface area contributed by atoms with Crippen molar-refractivity contribution in [2.24, 2.45) is 0 Å². The summed E-state index contributed by atoms with van der Waals surface area (Å²) in [5.41, 5.74) is 1.70. The van der Waals surface area contributed by atoms with Gasteiger partial charge in [0.15, 0.2) is 0 Å². The van der Waals surface area contributed by atoms with Gasteiger partial charge in [-0.2, -0.15) is 0 Å². The first-order valence-corrected chi connectivity index (χ1v) is 6.30. The van der Waals surface area contributed by atoms with E-state index in [-0.39, 0.29) is 6.61 Å². The molecule has 0 aliphatic heterocycles. The zero-order valence-corrected chi connectivity index (χ0v) is 10.5. The minimum atomic E-state index is -0.00980. The van der Waals surface area contributed by atoms with Gasteiger partial charge in [-0.3, -0.25) is 0 Å². The quantitative estimate of drug-likeness (QED) is 0.908. The van der Waals surface area contributed by atoms with Crippen molar-refractivity contribution in [2.75, 3.05) is 0 Å². The highest BCUT2D eigenvalue weighted by Crippen LogP contribution is 2.33. The molecule has 2 nitrogen and oxygen atoms in total. The number of hydrogen-bond acceptors (Lipinski definition) is 3. The summed E-state index contributed by atoms with van der Waals surface area (Å²) in [7, 11) is 0. The summed E-state index contributed by atoms with van der Waals surface area (Å²) >= 11 is 7.71. The smallest absolute Gasteiger partial charge is 0.125 e. The number of nitrogens with zero attached hydrogens (tertiary/aromatic N) is 1. The molecule has 0 unspecified atom stereocenters. The van der Waals surface area contributed by atoms with Gasteiger partial charge in [0.2, 0.25) is 0 Å². The first kappa shape index (κ1) is 11.6. The molecule has 0 radical (unpaired) electrons. The van der Waals surface area contributed by atoms with Gasteiger partial charge in [-0.15, -0.1) is 11.3 Å². The first-order valence-electron chi connectivity index (χ1n) is 5.10. The van der Waals surface area contributed by atoms with Gasteiger partial charge in [0.1, 0.15) is 5.01 Å². The molecule has 0 saturated heterocycles. The fourth-order valence-electron chi connectivity index (χ4n) is 1.53. The van der Waals surface area contributed by atoms with Crippen LogP contribution < -0.4 is 0 Å². The van der Waals surface area contributed by atoms with E-state index in [0.29, 0.717) is 5.02 Å². The fourth-order valence-corrected chi connectivity index (χ4v) is 2.86. The number of aliphatic hydroxyl groups excluding tert-OH is 1. The molecule has 0 atom stereocenters. The van der Waals surface area contributed by atoms with Crippen LogP contribution >= 0.6 is 22.9 Å². The average molecular weight is 254 g/mol. The van der Waals surface area contributed by atoms with Crippen LogP contribution in [0.15, 0.2) is 24.3 Å². The SMILES string of the molecule is CCc1sc(-c2ccccc2Cl)nc1CO. The Morgan fingerprint density at radius 1 is 1.38 bits per heavy atom. The van der Waals surface area contributed by atoms with Crippen LogP contribution in [0.2, 0.25) is 5.02 Å². The van der Waals surface area contributed by atoms with Gasteiger partial charge in [0.05, 0.1) is 17.3 Å². The van der Waals surface area contributed by atoms with Crippen LogP contribution in [-0.4, -0.2) is 10.1 Å². The van der Waals surface area contributed by atoms with E-state index in [2.05, 4.69) is 11.9 Å². The van der Waals surface area contributed by atoms with E-state index in [4.69, 9.17) is 11.6 Å². The van der Waals surface area contributed by atoms with Gasteiger partial charge >= 0.3 is 0 Å². The number of hydrogen-bond donors (Lipinski definition) is 1. The Kier molecular flexibility index (Phi) is 3.59. The second-order valence-electron chi connectivity index (χ2n) is 3.38. The highest BCUT2D eigenvalue weighted by atomic mass is 35.5. The highest BCUT2D eigenvalue weighted by molar-refractivity contribution is 7.15. The largest absolute Gasteiger partial charge is 0.390 e. The molecule has 1 aromatic carbocycles. The molecule has 1 aromatic heterocycles. The van der Waals surface area contributed by atoms with Crippen molar-refractivity contribution in [3.05, 3.63) is 39.9 Å². The van der Waals surface area contributed by atoms with E-state index >= 15 is 0 Å². The highest BCUT2D eigenvalue weighted by Gasteiger charge is 2.12. The van der Waals surface area contributed by atoms with Gasteiger partial charge in [0.25, 0.3) is 0 Å². The summed E-state index contributed by atoms with van der Waals surface area (Å²) in [5.74, 6) is 0. The number of thiazole rings is 1. The van der Waals surface area contributed by atoms with Crippen LogP contribution in [0.5, 0.6) is 0 Å². The maximum Gasteiger partial charge on any atom is 0.125 e. The lowest BCUT2D eigenvalue weighted by molar-refractivity contribution is 0.276. The van der Waals surface area contributed by atoms with Crippen LogP contribution in [0.25, 0.3) is 10.6 Å². The predicted molar refractivity (Wildman–Crippen MR) is 67.9 cm³/mol. The van der Waals surface area contributed by atoms with E-state index in [0.717, 1.165) is 27.6 Å². The Bertz CT molecular complexity index is 474. The zero-order chi connectivity index (χ0) is 11.5. The normalized spacial score (nSPS) is 10.7. The standard InChI is InChI=1S/C12H12ClNOS/c1-2-11-10(7-15)14-12(16-11)8-5-3-4-6-9(8)13/h3-6,15H,2,7H2,1H3. The summed E-state index contributed by atoms with van der Waals surface area (Å²) in [4.78, 5) is 5.54. The van der Waals surface area contributed by atoms with Crippen molar-refractivity contribution >= 4 is 22.9 Å². The summed E-state index contributed by atoms with van der Waals surface area (Å²) in [6, 6.07) is 7.63. The first-order chi connectivity index (χ1) is 7.76. The third-order valence-corrected chi connectivity index (χ3v) is 3.96. The zero-order valence-electron chi connectivity index (χ0n) is 8.90. The van der Waals surface area contributed by atoms with Gasteiger partial charge in [-0.25, -0.2) is 4.98 Å². The lowest BCUT2D eigenvalue weighted by Crippen LogP contribution is -1.88. The van der Waals surface area contributed by atoms with Crippen molar-refractivity contribution in [3.8, 4) is 10.6 Å². The van der Waals surface area contributed by atoms with E-state index in [1.165, 1.54) is 0 Å². The summed E-state index contributed by atoms with van der Waals surface area (Å²) < 4.78 is 0. The maximum atomic E-state index is 9.19. The third-order valence-electron chi connectivity index (χ3n) is 2.35. The van der Waals surface area contributed by atoms with Crippen molar-refractivity contribution < 1.29 is 5.11 Å². The predicted octanol–water partition coefficient (Wildman–Crippen LogP) is 3.52. The summed E-state index contributed by atoms with van der Waals surface area (Å²) in [5, 5.41) is 10.8. The Morgan fingerprint density at radius 2 is 2.12 bits per heavy atom. The number of aliphatic hydroxyl groups is 1. The Balaban J connectivity index is 2.49. The number of halogens is 1. The van der Waals surface area contributed by atoms with Crippen LogP contribution in [0.3, 0.4) is 0 Å². The molecular formula is C12H12ClNOS. The second kappa shape index (κ2) is 4.95. The number of aryl methyl sites for hydroxylation is 1. The van der Waals surface area contributed by atoms with E-state index in [1.807, 2.05) is 24.3 Å². The molecule has 4 heteroatoms. The molecule has 2 aromatic rings. The Hall–Kier alpha value is -0.900. The minimum absolute atomic E-state index is 0.00980. The van der Waals surface area contributed by atoms with Gasteiger partial charge < -0.3 is 5.11 Å². The molecule has 0 saturated carbocycles. The number of benzene rings is 1. The Labute approximate surface area is 104 Å². The second-order valence-corrected chi connectivity index (χ2v) is 4.87. The molecule has 0 bridgehead atoms. The van der Waals surface area contributed by atoms with Crippen molar-refractivity contribution in [1.82, 2.24) is 4.98 Å². The number of rotatable bonds is 3. The maximum absolute atomic E-state index is 9.19. The van der Waals surface area contributed by atoms with E-state index in [9.17, 15) is 5.11 Å². The van der Waals surface area contributed by atoms with Crippen molar-refractivity contribution in [1.29, 1.82) is 0 Å². The minimum Gasteiger partial charge on any atom is -0.390 e. The van der Waals surface area contributed by atoms with Gasteiger partial charge in [-0.05, 0) is 12.5 Å². The molecule has 0 aliphatic carbocycles. The summed E-state index contributed by atoms with van der Waals surface area (Å²) in [6.45, 7) is 2.05. The van der Waals surface area contributed by atoms with Crippen LogP contribution in [-0.2, 0) is 13.0 Å². The lowest BCUT2D eigenvalue weighted by Gasteiger charge is -1.97. The summed E-state index contributed by atoms with van der Waals surface area (Å²) in [6.07, 6.45) is 0.887. The Morgan fingerprint density at radius 3 is 2.69 bits per heavy atom. The molecule has 1 heterocycles. The van der Waals surface area contributed by atoms with E-state index in [1.54, 1.807) is 11.3 Å². The van der Waals surface area contributed by atoms with Gasteiger partial charge in [-0.1, -0.05) is 36.7 Å². The molecule has 16 heavy (non-hydrogen) atoms. The monoisotopic (exact) mass is 253 g/mol. The van der Waals surface area contributed by atoms with E-state index < -0.39 is 0 Å². The molecule has 2 rings (SSSR count). The van der Waals surface area contributed by atoms with Crippen LogP contribution in [0, 0.1) is 0 Å². The third kappa shape index (κ3) is 2.12.